The van der Waals surface area contributed by atoms with Gasteiger partial charge in [-0.25, -0.2) is 0 Å². The molecule has 0 bridgehead atoms. The molecule has 0 fully saturated rings. The van der Waals surface area contributed by atoms with Gasteiger partial charge in [0, 0.05) is 17.3 Å². The van der Waals surface area contributed by atoms with Gasteiger partial charge in [-0.05, 0) is 31.7 Å². The van der Waals surface area contributed by atoms with Gasteiger partial charge in [0.2, 0.25) is 5.91 Å². The number of hydrogen-bond donors (Lipinski definition) is 2. The smallest absolute Gasteiger partial charge is 0.303 e. The number of thiophene rings is 1. The van der Waals surface area contributed by atoms with Gasteiger partial charge in [0.1, 0.15) is 0 Å². The van der Waals surface area contributed by atoms with Crippen LogP contribution in [0.4, 0.5) is 0 Å². The number of carbonyl (C=O) groups excluding carboxylic acids is 1. The van der Waals surface area contributed by atoms with Gasteiger partial charge in [0.05, 0.1) is 5.92 Å². The van der Waals surface area contributed by atoms with Crippen LogP contribution in [0.5, 0.6) is 0 Å². The van der Waals surface area contributed by atoms with E-state index in [1.807, 2.05) is 31.4 Å². The molecule has 0 saturated heterocycles. The third kappa shape index (κ3) is 4.56. The molecule has 0 spiro atoms. The molecule has 2 N–H and O–H groups in total. The zero-order valence-electron chi connectivity index (χ0n) is 9.97. The van der Waals surface area contributed by atoms with E-state index in [0.29, 0.717) is 6.42 Å². The number of carboxylic acid groups (broad SMARTS) is 1. The zero-order chi connectivity index (χ0) is 12.8. The maximum absolute atomic E-state index is 11.8. The van der Waals surface area contributed by atoms with E-state index in [2.05, 4.69) is 5.32 Å². The van der Waals surface area contributed by atoms with Crippen molar-refractivity contribution in [3.05, 3.63) is 22.4 Å². The number of rotatable bonds is 6. The topological polar surface area (TPSA) is 66.4 Å². The van der Waals surface area contributed by atoms with Crippen LogP contribution < -0.4 is 5.32 Å². The highest BCUT2D eigenvalue weighted by Crippen LogP contribution is 2.20. The standard InChI is InChI=1S/C12H17NO3S/c1-8(5-6-11(14)15)13-12(16)9(2)10-4-3-7-17-10/h3-4,7-9H,5-6H2,1-2H3,(H,13,16)(H,14,15). The van der Waals surface area contributed by atoms with Crippen molar-refractivity contribution in [3.8, 4) is 0 Å². The summed E-state index contributed by atoms with van der Waals surface area (Å²) in [4.78, 5) is 23.3. The Morgan fingerprint density at radius 2 is 2.18 bits per heavy atom. The monoisotopic (exact) mass is 255 g/mol. The van der Waals surface area contributed by atoms with Gasteiger partial charge < -0.3 is 10.4 Å². The summed E-state index contributed by atoms with van der Waals surface area (Å²) in [6.07, 6.45) is 0.535. The number of amides is 1. The fourth-order valence-corrected chi connectivity index (χ4v) is 2.23. The summed E-state index contributed by atoms with van der Waals surface area (Å²) in [6.45, 7) is 3.67. The summed E-state index contributed by atoms with van der Waals surface area (Å²) in [5.41, 5.74) is 0. The molecule has 2 atom stereocenters. The van der Waals surface area contributed by atoms with E-state index >= 15 is 0 Å². The molecule has 1 amide bonds. The zero-order valence-corrected chi connectivity index (χ0v) is 10.8. The Bertz CT molecular complexity index is 375. The maximum atomic E-state index is 11.8. The second-order valence-corrected chi connectivity index (χ2v) is 5.06. The molecule has 1 aromatic heterocycles. The minimum Gasteiger partial charge on any atom is -0.481 e. The Kier molecular flexibility index (Phi) is 5.15. The van der Waals surface area contributed by atoms with E-state index in [0.717, 1.165) is 4.88 Å². The summed E-state index contributed by atoms with van der Waals surface area (Å²) >= 11 is 1.55. The average Bonchev–Trinajstić information content (AvgIpc) is 2.78. The third-order valence-corrected chi connectivity index (χ3v) is 3.60. The summed E-state index contributed by atoms with van der Waals surface area (Å²) in [6, 6.07) is 3.73. The Morgan fingerprint density at radius 1 is 1.47 bits per heavy atom. The third-order valence-electron chi connectivity index (χ3n) is 2.54. The van der Waals surface area contributed by atoms with Crippen LogP contribution in [0.2, 0.25) is 0 Å². The second kappa shape index (κ2) is 6.39. The first-order valence-electron chi connectivity index (χ1n) is 5.56. The first kappa shape index (κ1) is 13.7. The van der Waals surface area contributed by atoms with Crippen LogP contribution in [0.3, 0.4) is 0 Å². The van der Waals surface area contributed by atoms with Crippen LogP contribution in [0.15, 0.2) is 17.5 Å². The molecule has 0 saturated carbocycles. The normalized spacial score (nSPS) is 14.0. The Balaban J connectivity index is 2.41. The first-order chi connectivity index (χ1) is 8.00. The van der Waals surface area contributed by atoms with E-state index < -0.39 is 5.97 Å². The molecule has 1 heterocycles. The van der Waals surface area contributed by atoms with Crippen LogP contribution in [0.25, 0.3) is 0 Å². The fraction of sp³-hybridized carbons (Fsp3) is 0.500. The number of aliphatic carboxylic acids is 1. The van der Waals surface area contributed by atoms with Gasteiger partial charge in [-0.15, -0.1) is 11.3 Å². The van der Waals surface area contributed by atoms with Crippen molar-refractivity contribution in [3.63, 3.8) is 0 Å². The lowest BCUT2D eigenvalue weighted by atomic mass is 10.1. The number of hydrogen-bond acceptors (Lipinski definition) is 3. The molecule has 0 aromatic carbocycles. The quantitative estimate of drug-likeness (QED) is 0.819. The van der Waals surface area contributed by atoms with Gasteiger partial charge in [0.15, 0.2) is 0 Å². The minimum absolute atomic E-state index is 0.0506. The second-order valence-electron chi connectivity index (χ2n) is 4.08. The van der Waals surface area contributed by atoms with Crippen LogP contribution in [-0.2, 0) is 9.59 Å². The van der Waals surface area contributed by atoms with Crippen molar-refractivity contribution in [2.24, 2.45) is 0 Å². The van der Waals surface area contributed by atoms with Crippen LogP contribution in [0, 0.1) is 0 Å². The maximum Gasteiger partial charge on any atom is 0.303 e. The number of nitrogens with one attached hydrogen (secondary N) is 1. The highest BCUT2D eigenvalue weighted by atomic mass is 32.1. The van der Waals surface area contributed by atoms with Crippen molar-refractivity contribution in [2.75, 3.05) is 0 Å². The Labute approximate surface area is 105 Å². The summed E-state index contributed by atoms with van der Waals surface area (Å²) < 4.78 is 0. The van der Waals surface area contributed by atoms with Crippen molar-refractivity contribution in [1.82, 2.24) is 5.32 Å². The molecule has 2 unspecified atom stereocenters. The van der Waals surface area contributed by atoms with E-state index in [4.69, 9.17) is 5.11 Å². The predicted octanol–water partition coefficient (Wildman–Crippen LogP) is 2.22. The molecule has 1 rings (SSSR count). The van der Waals surface area contributed by atoms with Gasteiger partial charge in [0.25, 0.3) is 0 Å². The molecular weight excluding hydrogens is 238 g/mol. The van der Waals surface area contributed by atoms with E-state index in [1.54, 1.807) is 11.3 Å². The Hall–Kier alpha value is -1.36. The van der Waals surface area contributed by atoms with E-state index in [9.17, 15) is 9.59 Å². The van der Waals surface area contributed by atoms with Gasteiger partial charge in [-0.3, -0.25) is 9.59 Å². The molecule has 5 heteroatoms. The van der Waals surface area contributed by atoms with Crippen LogP contribution in [0.1, 0.15) is 37.5 Å². The number of carbonyl (C=O) groups is 2. The van der Waals surface area contributed by atoms with Crippen LogP contribution >= 0.6 is 11.3 Å². The van der Waals surface area contributed by atoms with E-state index in [-0.39, 0.29) is 24.3 Å². The van der Waals surface area contributed by atoms with Gasteiger partial charge in [-0.2, -0.15) is 0 Å². The lowest BCUT2D eigenvalue weighted by molar-refractivity contribution is -0.137. The summed E-state index contributed by atoms with van der Waals surface area (Å²) in [5, 5.41) is 13.3. The minimum atomic E-state index is -0.836. The lowest BCUT2D eigenvalue weighted by Crippen LogP contribution is -2.35. The predicted molar refractivity (Wildman–Crippen MR) is 67.2 cm³/mol. The summed E-state index contributed by atoms with van der Waals surface area (Å²) in [7, 11) is 0. The van der Waals surface area contributed by atoms with Crippen molar-refractivity contribution in [2.45, 2.75) is 38.6 Å². The van der Waals surface area contributed by atoms with Crippen molar-refractivity contribution < 1.29 is 14.7 Å². The van der Waals surface area contributed by atoms with Crippen molar-refractivity contribution >= 4 is 23.2 Å². The SMILES string of the molecule is CC(CCC(=O)O)NC(=O)C(C)c1cccs1. The highest BCUT2D eigenvalue weighted by molar-refractivity contribution is 7.10. The number of carboxylic acids is 1. The molecule has 4 nitrogen and oxygen atoms in total. The molecule has 0 radical (unpaired) electrons. The van der Waals surface area contributed by atoms with E-state index in [1.165, 1.54) is 0 Å². The molecule has 0 aliphatic heterocycles. The van der Waals surface area contributed by atoms with Crippen LogP contribution in [-0.4, -0.2) is 23.0 Å². The molecule has 0 aliphatic rings. The largest absolute Gasteiger partial charge is 0.481 e. The molecular formula is C12H17NO3S. The highest BCUT2D eigenvalue weighted by Gasteiger charge is 2.18. The van der Waals surface area contributed by atoms with Crippen molar-refractivity contribution in [1.29, 1.82) is 0 Å². The molecule has 94 valence electrons. The average molecular weight is 255 g/mol. The van der Waals surface area contributed by atoms with Gasteiger partial charge >= 0.3 is 5.97 Å². The lowest BCUT2D eigenvalue weighted by Gasteiger charge is -2.16. The molecule has 0 aliphatic carbocycles. The molecule has 17 heavy (non-hydrogen) atoms. The van der Waals surface area contributed by atoms with Gasteiger partial charge in [-0.1, -0.05) is 6.07 Å². The summed E-state index contributed by atoms with van der Waals surface area (Å²) in [5.74, 6) is -1.06. The molecule has 1 aromatic rings. The first-order valence-corrected chi connectivity index (χ1v) is 6.44. The fourth-order valence-electron chi connectivity index (χ4n) is 1.45. The Morgan fingerprint density at radius 3 is 2.71 bits per heavy atom.